The molecule has 0 spiro atoms. The van der Waals surface area contributed by atoms with E-state index in [2.05, 4.69) is 4.74 Å². The number of anilines is 1. The first-order chi connectivity index (χ1) is 12.5. The summed E-state index contributed by atoms with van der Waals surface area (Å²) in [6, 6.07) is 12.7. The molecule has 1 aliphatic heterocycles. The van der Waals surface area contributed by atoms with Crippen molar-refractivity contribution in [2.45, 2.75) is 26.0 Å². The molecule has 0 bridgehead atoms. The minimum Gasteiger partial charge on any atom is -0.452 e. The van der Waals surface area contributed by atoms with Gasteiger partial charge in [0.1, 0.15) is 5.75 Å². The fourth-order valence-corrected chi connectivity index (χ4v) is 3.00. The summed E-state index contributed by atoms with van der Waals surface area (Å²) < 4.78 is 33.5. The lowest BCUT2D eigenvalue weighted by molar-refractivity contribution is -0.122. The average Bonchev–Trinajstić information content (AvgIpc) is 2.95. The molecule has 1 atom stereocenters. The number of hydrogen-bond acceptors (Lipinski definition) is 4. The molecule has 1 aliphatic rings. The molecule has 0 unspecified atom stereocenters. The highest BCUT2D eigenvalue weighted by Gasteiger charge is 2.31. The normalized spacial score (nSPS) is 15.7. The molecule has 1 heterocycles. The third-order valence-corrected chi connectivity index (χ3v) is 4.12. The van der Waals surface area contributed by atoms with Crippen molar-refractivity contribution in [2.24, 2.45) is 0 Å². The van der Waals surface area contributed by atoms with E-state index >= 15 is 0 Å². The molecule has 0 saturated heterocycles. The lowest BCUT2D eigenvalue weighted by atomic mass is 10.1. The number of rotatable bonds is 5. The third-order valence-electron chi connectivity index (χ3n) is 4.12. The zero-order valence-electron chi connectivity index (χ0n) is 14.0. The van der Waals surface area contributed by atoms with Gasteiger partial charge < -0.3 is 14.4 Å². The molecule has 0 aliphatic carbocycles. The maximum Gasteiger partial charge on any atom is 0.387 e. The van der Waals surface area contributed by atoms with E-state index in [4.69, 9.17) is 4.74 Å². The summed E-state index contributed by atoms with van der Waals surface area (Å²) in [5.41, 5.74) is 2.05. The Hall–Kier alpha value is -2.96. The van der Waals surface area contributed by atoms with E-state index in [1.54, 1.807) is 4.90 Å². The molecule has 0 aromatic heterocycles. The predicted octanol–water partition coefficient (Wildman–Crippen LogP) is 3.42. The first-order valence-electron chi connectivity index (χ1n) is 8.07. The van der Waals surface area contributed by atoms with Gasteiger partial charge in [0.15, 0.2) is 6.61 Å². The molecule has 7 heteroatoms. The minimum absolute atomic E-state index is 0.00983. The van der Waals surface area contributed by atoms with Crippen molar-refractivity contribution < 1.29 is 27.8 Å². The van der Waals surface area contributed by atoms with Crippen LogP contribution in [0.3, 0.4) is 0 Å². The van der Waals surface area contributed by atoms with Crippen LogP contribution in [-0.2, 0) is 16.0 Å². The van der Waals surface area contributed by atoms with E-state index in [0.717, 1.165) is 17.7 Å². The Morgan fingerprint density at radius 3 is 2.54 bits per heavy atom. The number of esters is 1. The van der Waals surface area contributed by atoms with Crippen LogP contribution < -0.4 is 9.64 Å². The van der Waals surface area contributed by atoms with E-state index in [9.17, 15) is 18.4 Å². The second kappa shape index (κ2) is 7.51. The number of fused-ring (bicyclic) bond motifs is 1. The zero-order valence-corrected chi connectivity index (χ0v) is 14.0. The fourth-order valence-electron chi connectivity index (χ4n) is 3.00. The van der Waals surface area contributed by atoms with Crippen LogP contribution in [0.2, 0.25) is 0 Å². The van der Waals surface area contributed by atoms with Crippen molar-refractivity contribution in [1.82, 2.24) is 0 Å². The molecular formula is C19H17F2NO4. The van der Waals surface area contributed by atoms with Crippen LogP contribution in [0.4, 0.5) is 14.5 Å². The topological polar surface area (TPSA) is 55.8 Å². The molecule has 3 rings (SSSR count). The molecule has 0 radical (unpaired) electrons. The largest absolute Gasteiger partial charge is 0.452 e. The highest BCUT2D eigenvalue weighted by atomic mass is 19.3. The van der Waals surface area contributed by atoms with E-state index in [0.29, 0.717) is 0 Å². The number of benzene rings is 2. The molecule has 26 heavy (non-hydrogen) atoms. The van der Waals surface area contributed by atoms with Crippen LogP contribution in [0, 0.1) is 0 Å². The van der Waals surface area contributed by atoms with E-state index in [1.807, 2.05) is 31.2 Å². The second-order valence-electron chi connectivity index (χ2n) is 5.92. The van der Waals surface area contributed by atoms with Gasteiger partial charge in [0, 0.05) is 11.7 Å². The Labute approximate surface area is 149 Å². The Morgan fingerprint density at radius 2 is 1.85 bits per heavy atom. The van der Waals surface area contributed by atoms with Crippen LogP contribution in [-0.4, -0.2) is 31.1 Å². The summed E-state index contributed by atoms with van der Waals surface area (Å²) in [5.74, 6) is -1.08. The molecule has 2 aromatic carbocycles. The summed E-state index contributed by atoms with van der Waals surface area (Å²) in [5, 5.41) is 0. The van der Waals surface area contributed by atoms with E-state index < -0.39 is 19.2 Å². The van der Waals surface area contributed by atoms with Gasteiger partial charge in [-0.2, -0.15) is 8.78 Å². The lowest BCUT2D eigenvalue weighted by Gasteiger charge is -2.22. The molecule has 0 fully saturated rings. The van der Waals surface area contributed by atoms with Crippen LogP contribution in [0.25, 0.3) is 0 Å². The van der Waals surface area contributed by atoms with Crippen molar-refractivity contribution in [2.75, 3.05) is 11.5 Å². The predicted molar refractivity (Wildman–Crippen MR) is 90.5 cm³/mol. The molecular weight excluding hydrogens is 344 g/mol. The molecule has 2 aromatic rings. The van der Waals surface area contributed by atoms with Gasteiger partial charge in [0.2, 0.25) is 0 Å². The molecule has 5 nitrogen and oxygen atoms in total. The van der Waals surface area contributed by atoms with Gasteiger partial charge in [0.25, 0.3) is 5.91 Å². The van der Waals surface area contributed by atoms with Crippen LogP contribution in [0.5, 0.6) is 5.75 Å². The third kappa shape index (κ3) is 3.82. The van der Waals surface area contributed by atoms with Gasteiger partial charge in [-0.15, -0.1) is 0 Å². The van der Waals surface area contributed by atoms with Gasteiger partial charge in [-0.1, -0.05) is 18.2 Å². The van der Waals surface area contributed by atoms with Crippen molar-refractivity contribution in [3.63, 3.8) is 0 Å². The standard InChI is InChI=1S/C19H17F2NO4/c1-12-10-14-4-2-3-5-16(14)22(12)17(23)11-25-18(24)13-6-8-15(9-7-13)26-19(20)21/h2-9,12,19H,10-11H2,1H3/t12-/m1/s1. The average molecular weight is 361 g/mol. The van der Waals surface area contributed by atoms with E-state index in [-0.39, 0.29) is 23.3 Å². The second-order valence-corrected chi connectivity index (χ2v) is 5.92. The SMILES string of the molecule is C[C@@H]1Cc2ccccc2N1C(=O)COC(=O)c1ccc(OC(F)F)cc1. The van der Waals surface area contributed by atoms with Crippen molar-refractivity contribution >= 4 is 17.6 Å². The molecule has 0 N–H and O–H groups in total. The van der Waals surface area contributed by atoms with Gasteiger partial charge in [-0.25, -0.2) is 4.79 Å². The number of carbonyl (C=O) groups is 2. The van der Waals surface area contributed by atoms with Crippen LogP contribution in [0.15, 0.2) is 48.5 Å². The number of alkyl halides is 2. The smallest absolute Gasteiger partial charge is 0.387 e. The molecule has 136 valence electrons. The number of carbonyl (C=O) groups excluding carboxylic acids is 2. The van der Waals surface area contributed by atoms with Crippen LogP contribution in [0.1, 0.15) is 22.8 Å². The number of amides is 1. The Bertz CT molecular complexity index is 807. The first-order valence-corrected chi connectivity index (χ1v) is 8.07. The van der Waals surface area contributed by atoms with Crippen molar-refractivity contribution in [1.29, 1.82) is 0 Å². The van der Waals surface area contributed by atoms with Gasteiger partial charge in [0.05, 0.1) is 5.56 Å². The fraction of sp³-hybridized carbons (Fsp3) is 0.263. The number of hydrogen-bond donors (Lipinski definition) is 0. The highest BCUT2D eigenvalue weighted by Crippen LogP contribution is 2.31. The summed E-state index contributed by atoms with van der Waals surface area (Å²) in [6.07, 6.45) is 0.751. The summed E-state index contributed by atoms with van der Waals surface area (Å²) in [4.78, 5) is 26.1. The number of ether oxygens (including phenoxy) is 2. The first kappa shape index (κ1) is 17.8. The molecule has 1 amide bonds. The number of para-hydroxylation sites is 1. The Kier molecular flexibility index (Phi) is 5.16. The number of halogens is 2. The minimum atomic E-state index is -2.93. The molecule has 0 saturated carbocycles. The Morgan fingerprint density at radius 1 is 1.15 bits per heavy atom. The van der Waals surface area contributed by atoms with E-state index in [1.165, 1.54) is 24.3 Å². The van der Waals surface area contributed by atoms with Crippen molar-refractivity contribution in [3.05, 3.63) is 59.7 Å². The quantitative estimate of drug-likeness (QED) is 0.766. The summed E-state index contributed by atoms with van der Waals surface area (Å²) in [7, 11) is 0. The van der Waals surface area contributed by atoms with Gasteiger partial charge >= 0.3 is 12.6 Å². The summed E-state index contributed by atoms with van der Waals surface area (Å²) in [6.45, 7) is -1.40. The monoisotopic (exact) mass is 361 g/mol. The maximum atomic E-state index is 12.5. The van der Waals surface area contributed by atoms with Gasteiger partial charge in [-0.3, -0.25) is 4.79 Å². The highest BCUT2D eigenvalue weighted by molar-refractivity contribution is 5.99. The van der Waals surface area contributed by atoms with Crippen LogP contribution >= 0.6 is 0 Å². The van der Waals surface area contributed by atoms with Gasteiger partial charge in [-0.05, 0) is 49.2 Å². The Balaban J connectivity index is 1.60. The lowest BCUT2D eigenvalue weighted by Crippen LogP contribution is -2.38. The maximum absolute atomic E-state index is 12.5. The number of nitrogens with zero attached hydrogens (tertiary/aromatic N) is 1. The summed E-state index contributed by atoms with van der Waals surface area (Å²) >= 11 is 0. The zero-order chi connectivity index (χ0) is 18.7. The van der Waals surface area contributed by atoms with Crippen molar-refractivity contribution in [3.8, 4) is 5.75 Å².